The maximum atomic E-state index is 13.7. The first-order valence-electron chi connectivity index (χ1n) is 7.17. The average Bonchev–Trinajstić information content (AvgIpc) is 3.08. The monoisotopic (exact) mass is 399 g/mol. The average molecular weight is 400 g/mol. The summed E-state index contributed by atoms with van der Waals surface area (Å²) in [6, 6.07) is 6.33. The topological polar surface area (TPSA) is 84.1 Å². The van der Waals surface area contributed by atoms with Gasteiger partial charge in [-0.3, -0.25) is 4.72 Å². The van der Waals surface area contributed by atoms with Crippen LogP contribution in [-0.4, -0.2) is 25.5 Å². The number of nitrogens with zero attached hydrogens (tertiary/aromatic N) is 1. The number of hydrogen-bond acceptors (Lipinski definition) is 4. The number of aromatic amines is 1. The second kappa shape index (κ2) is 6.93. The highest BCUT2D eigenvalue weighted by molar-refractivity contribution is 7.92. The van der Waals surface area contributed by atoms with Crippen LogP contribution in [0.4, 0.5) is 14.5 Å². The predicted octanol–water partition coefficient (Wildman–Crippen LogP) is 3.82. The molecule has 0 fully saturated rings. The molecule has 0 aliphatic carbocycles. The molecule has 0 bridgehead atoms. The van der Waals surface area contributed by atoms with Gasteiger partial charge in [-0.1, -0.05) is 23.7 Å². The van der Waals surface area contributed by atoms with E-state index >= 15 is 0 Å². The van der Waals surface area contributed by atoms with E-state index in [2.05, 4.69) is 14.7 Å². The number of pyridine rings is 1. The first-order valence-corrected chi connectivity index (χ1v) is 9.03. The smallest absolute Gasteiger partial charge is 0.264 e. The number of hydrogen-bond donors (Lipinski definition) is 2. The van der Waals surface area contributed by atoms with Crippen LogP contribution in [0.15, 0.2) is 47.6 Å². The fourth-order valence-corrected chi connectivity index (χ4v) is 3.70. The molecular formula is C16H12ClF2N3O3S. The Morgan fingerprint density at radius 2 is 2.00 bits per heavy atom. The molecular weight excluding hydrogens is 388 g/mol. The van der Waals surface area contributed by atoms with E-state index in [1.54, 1.807) is 6.07 Å². The Morgan fingerprint density at radius 3 is 2.69 bits per heavy atom. The molecule has 0 unspecified atom stereocenters. The molecule has 2 aromatic heterocycles. The third kappa shape index (κ3) is 3.49. The van der Waals surface area contributed by atoms with Crippen molar-refractivity contribution in [3.05, 3.63) is 59.5 Å². The number of aromatic nitrogens is 2. The molecule has 2 heterocycles. The van der Waals surface area contributed by atoms with E-state index in [-0.39, 0.29) is 22.0 Å². The van der Waals surface area contributed by atoms with Crippen LogP contribution in [0.1, 0.15) is 0 Å². The van der Waals surface area contributed by atoms with Crippen LogP contribution in [0.3, 0.4) is 0 Å². The molecule has 0 atom stereocenters. The highest BCUT2D eigenvalue weighted by Gasteiger charge is 2.23. The van der Waals surface area contributed by atoms with Gasteiger partial charge in [-0.25, -0.2) is 17.2 Å². The van der Waals surface area contributed by atoms with Gasteiger partial charge in [0, 0.05) is 24.0 Å². The number of benzene rings is 1. The molecule has 0 saturated heterocycles. The summed E-state index contributed by atoms with van der Waals surface area (Å²) in [6.07, 6.45) is 2.65. The minimum Gasteiger partial charge on any atom is -0.479 e. The van der Waals surface area contributed by atoms with Gasteiger partial charge in [0.2, 0.25) is 5.88 Å². The summed E-state index contributed by atoms with van der Waals surface area (Å²) in [6.45, 7) is 0. The van der Waals surface area contributed by atoms with Crippen molar-refractivity contribution in [3.8, 4) is 17.0 Å². The predicted molar refractivity (Wildman–Crippen MR) is 92.8 cm³/mol. The maximum Gasteiger partial charge on any atom is 0.264 e. The lowest BCUT2D eigenvalue weighted by Crippen LogP contribution is -2.14. The van der Waals surface area contributed by atoms with Gasteiger partial charge in [0.05, 0.1) is 7.11 Å². The summed E-state index contributed by atoms with van der Waals surface area (Å²) in [5.41, 5.74) is 0.387. The van der Waals surface area contributed by atoms with Crippen LogP contribution in [0.2, 0.25) is 5.15 Å². The summed E-state index contributed by atoms with van der Waals surface area (Å²) >= 11 is 5.57. The Balaban J connectivity index is 2.04. The number of anilines is 1. The Labute approximate surface area is 152 Å². The fourth-order valence-electron chi connectivity index (χ4n) is 2.33. The Bertz CT molecular complexity index is 1070. The van der Waals surface area contributed by atoms with Crippen molar-refractivity contribution in [3.63, 3.8) is 0 Å². The van der Waals surface area contributed by atoms with Gasteiger partial charge in [0.25, 0.3) is 10.0 Å². The van der Waals surface area contributed by atoms with E-state index in [0.29, 0.717) is 5.56 Å². The van der Waals surface area contributed by atoms with Gasteiger partial charge in [-0.05, 0) is 17.7 Å². The van der Waals surface area contributed by atoms with E-state index in [1.807, 2.05) is 0 Å². The van der Waals surface area contributed by atoms with Crippen molar-refractivity contribution in [2.45, 2.75) is 4.90 Å². The van der Waals surface area contributed by atoms with Crippen molar-refractivity contribution in [2.75, 3.05) is 11.8 Å². The lowest BCUT2D eigenvalue weighted by atomic mass is 10.1. The third-order valence-corrected chi connectivity index (χ3v) is 5.14. The first-order chi connectivity index (χ1) is 12.3. The minimum atomic E-state index is -4.16. The second-order valence-corrected chi connectivity index (χ2v) is 7.18. The first kappa shape index (κ1) is 18.2. The molecule has 2 N–H and O–H groups in total. The van der Waals surface area contributed by atoms with Crippen molar-refractivity contribution in [1.82, 2.24) is 9.97 Å². The summed E-state index contributed by atoms with van der Waals surface area (Å²) in [5, 5.41) is -0.452. The summed E-state index contributed by atoms with van der Waals surface area (Å²) in [4.78, 5) is 6.15. The number of nitrogens with one attached hydrogen (secondary N) is 2. The van der Waals surface area contributed by atoms with Gasteiger partial charge in [0.15, 0.2) is 11.0 Å². The van der Waals surface area contributed by atoms with E-state index in [4.69, 9.17) is 16.3 Å². The molecule has 0 saturated carbocycles. The summed E-state index contributed by atoms with van der Waals surface area (Å²) in [7, 11) is -2.92. The Hall–Kier alpha value is -2.65. The summed E-state index contributed by atoms with van der Waals surface area (Å²) < 4.78 is 59.7. The summed E-state index contributed by atoms with van der Waals surface area (Å²) in [5.74, 6) is -1.61. The molecule has 0 aliphatic rings. The van der Waals surface area contributed by atoms with Crippen molar-refractivity contribution in [2.24, 2.45) is 0 Å². The fraction of sp³-hybridized carbons (Fsp3) is 0.0625. The van der Waals surface area contributed by atoms with Gasteiger partial charge >= 0.3 is 0 Å². The van der Waals surface area contributed by atoms with E-state index < -0.39 is 26.8 Å². The molecule has 136 valence electrons. The van der Waals surface area contributed by atoms with Gasteiger partial charge in [-0.2, -0.15) is 4.98 Å². The van der Waals surface area contributed by atoms with E-state index in [0.717, 1.165) is 6.07 Å². The lowest BCUT2D eigenvalue weighted by Gasteiger charge is -2.12. The SMILES string of the molecule is COc1nc(Cl)c(F)cc1NS(=O)(=O)c1c[nH]cc1-c1cccc(F)c1. The lowest BCUT2D eigenvalue weighted by molar-refractivity contribution is 0.398. The van der Waals surface area contributed by atoms with Gasteiger partial charge < -0.3 is 9.72 Å². The quantitative estimate of drug-likeness (QED) is 0.639. The van der Waals surface area contributed by atoms with Crippen LogP contribution >= 0.6 is 11.6 Å². The van der Waals surface area contributed by atoms with E-state index in [9.17, 15) is 17.2 Å². The molecule has 0 spiro atoms. The van der Waals surface area contributed by atoms with Crippen LogP contribution in [0.25, 0.3) is 11.1 Å². The standard InChI is InChI=1S/C16H12ClF2N3O3S/c1-25-16-13(6-12(19)15(17)21-16)22-26(23,24)14-8-20-7-11(14)9-3-2-4-10(18)5-9/h2-8,20,22H,1H3. The Kier molecular flexibility index (Phi) is 4.84. The van der Waals surface area contributed by atoms with Gasteiger partial charge in [-0.15, -0.1) is 0 Å². The van der Waals surface area contributed by atoms with Crippen LogP contribution < -0.4 is 9.46 Å². The normalized spacial score (nSPS) is 11.4. The van der Waals surface area contributed by atoms with Crippen molar-refractivity contribution >= 4 is 27.3 Å². The molecule has 1 aromatic carbocycles. The maximum absolute atomic E-state index is 13.7. The zero-order chi connectivity index (χ0) is 18.9. The molecule has 3 rings (SSSR count). The minimum absolute atomic E-state index is 0.152. The molecule has 0 amide bonds. The Morgan fingerprint density at radius 1 is 1.23 bits per heavy atom. The molecule has 10 heteroatoms. The zero-order valence-corrected chi connectivity index (χ0v) is 14.8. The molecule has 6 nitrogen and oxygen atoms in total. The molecule has 0 aliphatic heterocycles. The zero-order valence-electron chi connectivity index (χ0n) is 13.3. The number of ether oxygens (including phenoxy) is 1. The molecule has 0 radical (unpaired) electrons. The number of methoxy groups -OCH3 is 1. The second-order valence-electron chi connectivity index (χ2n) is 5.17. The number of H-pyrrole nitrogens is 1. The molecule has 3 aromatic rings. The van der Waals surface area contributed by atoms with Crippen molar-refractivity contribution in [1.29, 1.82) is 0 Å². The number of rotatable bonds is 5. The van der Waals surface area contributed by atoms with Gasteiger partial charge in [0.1, 0.15) is 16.4 Å². The van der Waals surface area contributed by atoms with Crippen LogP contribution in [-0.2, 0) is 10.0 Å². The highest BCUT2D eigenvalue weighted by Crippen LogP contribution is 2.32. The van der Waals surface area contributed by atoms with Crippen LogP contribution in [0, 0.1) is 11.6 Å². The van der Waals surface area contributed by atoms with E-state index in [1.165, 1.54) is 37.7 Å². The van der Waals surface area contributed by atoms with Crippen LogP contribution in [0.5, 0.6) is 5.88 Å². The molecule has 26 heavy (non-hydrogen) atoms. The third-order valence-electron chi connectivity index (χ3n) is 3.47. The number of sulfonamides is 1. The highest BCUT2D eigenvalue weighted by atomic mass is 35.5. The largest absolute Gasteiger partial charge is 0.479 e. The van der Waals surface area contributed by atoms with Crippen molar-refractivity contribution < 1.29 is 21.9 Å². The number of halogens is 3.